The number of hydrogen-bond acceptors (Lipinski definition) is 10. The molecule has 2 aromatic rings. The molecule has 2 rings (SSSR count). The van der Waals surface area contributed by atoms with Gasteiger partial charge in [0.1, 0.15) is 4.90 Å². The van der Waals surface area contributed by atoms with Gasteiger partial charge in [-0.25, -0.2) is 22.7 Å². The Labute approximate surface area is 207 Å². The van der Waals surface area contributed by atoms with Crippen LogP contribution in [0.3, 0.4) is 0 Å². The van der Waals surface area contributed by atoms with E-state index in [1.54, 1.807) is 4.72 Å². The standard InChI is InChI=1S/C17H19N5O8S.Na.H/c1-9(23)18-10-5-6-11(15(24)30-4)12(7-10)31(26,27)22-17(25)21-16-19-13(28-2)8-14(20-16)29-3;;/h5-8H,1-4H3,(H,18,23)(H2,19,20,21,22,25);;/q;+1;-1. The maximum atomic E-state index is 12.8. The van der Waals surface area contributed by atoms with Crippen LogP contribution in [0, 0.1) is 0 Å². The summed E-state index contributed by atoms with van der Waals surface area (Å²) in [6.07, 6.45) is 0. The Bertz CT molecular complexity index is 1110. The number of aromatic nitrogens is 2. The number of carbonyl (C=O) groups excluding carboxylic acids is 3. The number of nitrogens with one attached hydrogen (secondary N) is 3. The Morgan fingerprint density at radius 2 is 1.56 bits per heavy atom. The number of rotatable bonds is 7. The van der Waals surface area contributed by atoms with Crippen LogP contribution in [-0.2, 0) is 19.6 Å². The zero-order chi connectivity index (χ0) is 23.2. The molecule has 0 aliphatic rings. The minimum absolute atomic E-state index is 0. The van der Waals surface area contributed by atoms with E-state index in [0.29, 0.717) is 0 Å². The van der Waals surface area contributed by atoms with E-state index in [1.165, 1.54) is 33.3 Å². The second-order valence-electron chi connectivity index (χ2n) is 5.72. The van der Waals surface area contributed by atoms with Crippen molar-refractivity contribution in [3.63, 3.8) is 0 Å². The Hall–Kier alpha value is -2.94. The molecule has 0 spiro atoms. The molecule has 0 saturated carbocycles. The first-order valence-electron chi connectivity index (χ1n) is 8.40. The van der Waals surface area contributed by atoms with E-state index < -0.39 is 32.8 Å². The predicted octanol–water partition coefficient (Wildman–Crippen LogP) is -2.13. The molecular weight excluding hydrogens is 457 g/mol. The van der Waals surface area contributed by atoms with Gasteiger partial charge in [-0.2, -0.15) is 9.97 Å². The molecule has 0 aliphatic heterocycles. The van der Waals surface area contributed by atoms with E-state index in [9.17, 15) is 22.8 Å². The van der Waals surface area contributed by atoms with E-state index >= 15 is 0 Å². The number of anilines is 2. The van der Waals surface area contributed by atoms with Gasteiger partial charge in [-0.05, 0) is 18.2 Å². The molecule has 1 aromatic heterocycles. The first-order valence-corrected chi connectivity index (χ1v) is 9.88. The average molecular weight is 477 g/mol. The van der Waals surface area contributed by atoms with Gasteiger partial charge in [0.2, 0.25) is 23.6 Å². The molecular formula is C17H20N5NaO8S. The molecule has 1 aromatic carbocycles. The van der Waals surface area contributed by atoms with Crippen molar-refractivity contribution in [2.24, 2.45) is 0 Å². The molecule has 3 amide bonds. The first-order chi connectivity index (χ1) is 14.6. The smallest absolute Gasteiger partial charge is 1.00 e. The molecule has 0 unspecified atom stereocenters. The summed E-state index contributed by atoms with van der Waals surface area (Å²) in [6, 6.07) is 3.57. The molecule has 3 N–H and O–H groups in total. The summed E-state index contributed by atoms with van der Waals surface area (Å²) in [7, 11) is -0.872. The van der Waals surface area contributed by atoms with Gasteiger partial charge in [-0.1, -0.05) is 0 Å². The van der Waals surface area contributed by atoms with E-state index in [1.807, 2.05) is 0 Å². The van der Waals surface area contributed by atoms with Crippen LogP contribution < -0.4 is 54.4 Å². The third-order valence-corrected chi connectivity index (χ3v) is 4.92. The van der Waals surface area contributed by atoms with E-state index in [4.69, 9.17) is 9.47 Å². The quantitative estimate of drug-likeness (QED) is 0.295. The zero-order valence-corrected chi connectivity index (χ0v) is 20.7. The molecule has 15 heteroatoms. The molecule has 0 bridgehead atoms. The third-order valence-electron chi connectivity index (χ3n) is 3.55. The number of sulfonamides is 1. The number of hydrogen-bond donors (Lipinski definition) is 3. The number of carbonyl (C=O) groups is 3. The summed E-state index contributed by atoms with van der Waals surface area (Å²) in [6.45, 7) is 1.22. The SMILES string of the molecule is COC(=O)c1ccc(NC(C)=O)cc1S(=O)(=O)NC(=O)Nc1nc(OC)cc(OC)n1.[H-].[Na+]. The number of benzene rings is 1. The van der Waals surface area contributed by atoms with Crippen molar-refractivity contribution in [2.75, 3.05) is 32.0 Å². The van der Waals surface area contributed by atoms with Crippen molar-refractivity contribution in [1.29, 1.82) is 0 Å². The summed E-state index contributed by atoms with van der Waals surface area (Å²) in [4.78, 5) is 42.6. The second-order valence-corrected chi connectivity index (χ2v) is 7.37. The number of methoxy groups -OCH3 is 3. The van der Waals surface area contributed by atoms with Crippen LogP contribution in [0.1, 0.15) is 18.7 Å². The largest absolute Gasteiger partial charge is 1.00 e. The van der Waals surface area contributed by atoms with Gasteiger partial charge in [-0.3, -0.25) is 10.1 Å². The Kier molecular flexibility index (Phi) is 9.83. The molecule has 168 valence electrons. The van der Waals surface area contributed by atoms with E-state index in [-0.39, 0.29) is 59.9 Å². The topological polar surface area (TPSA) is 175 Å². The van der Waals surface area contributed by atoms with E-state index in [0.717, 1.165) is 19.2 Å². The molecule has 1 heterocycles. The molecule has 0 fully saturated rings. The number of esters is 1. The van der Waals surface area contributed by atoms with Crippen LogP contribution in [0.15, 0.2) is 29.2 Å². The zero-order valence-electron chi connectivity index (χ0n) is 18.9. The minimum Gasteiger partial charge on any atom is -1.00 e. The number of nitrogens with zero attached hydrogens (tertiary/aromatic N) is 2. The second kappa shape index (κ2) is 11.6. The Morgan fingerprint density at radius 3 is 2.06 bits per heavy atom. The van der Waals surface area contributed by atoms with Crippen molar-refractivity contribution in [2.45, 2.75) is 11.8 Å². The minimum atomic E-state index is -4.59. The predicted molar refractivity (Wildman–Crippen MR) is 108 cm³/mol. The van der Waals surface area contributed by atoms with Gasteiger partial charge in [0.25, 0.3) is 10.0 Å². The Balaban J connectivity index is 0.00000512. The van der Waals surface area contributed by atoms with E-state index in [2.05, 4.69) is 25.3 Å². The van der Waals surface area contributed by atoms with Gasteiger partial charge in [0.05, 0.1) is 33.0 Å². The average Bonchev–Trinajstić information content (AvgIpc) is 2.71. The fraction of sp³-hybridized carbons (Fsp3) is 0.235. The van der Waals surface area contributed by atoms with Crippen molar-refractivity contribution in [3.05, 3.63) is 29.8 Å². The van der Waals surface area contributed by atoms with Crippen molar-refractivity contribution in [1.82, 2.24) is 14.7 Å². The molecule has 13 nitrogen and oxygen atoms in total. The van der Waals surface area contributed by atoms with Gasteiger partial charge >= 0.3 is 41.6 Å². The number of urea groups is 1. The van der Waals surface area contributed by atoms with Crippen LogP contribution in [0.2, 0.25) is 0 Å². The molecule has 32 heavy (non-hydrogen) atoms. The maximum absolute atomic E-state index is 12.8. The third kappa shape index (κ3) is 7.05. The molecule has 0 atom stereocenters. The normalized spacial score (nSPS) is 10.2. The summed E-state index contributed by atoms with van der Waals surface area (Å²) in [5, 5.41) is 4.52. The molecule has 0 aliphatic carbocycles. The monoisotopic (exact) mass is 477 g/mol. The van der Waals surface area contributed by atoms with Crippen LogP contribution in [0.25, 0.3) is 0 Å². The summed E-state index contributed by atoms with van der Waals surface area (Å²) in [5.74, 6) is -1.62. The van der Waals surface area contributed by atoms with Crippen LogP contribution >= 0.6 is 0 Å². The van der Waals surface area contributed by atoms with Gasteiger partial charge in [0.15, 0.2) is 0 Å². The van der Waals surface area contributed by atoms with Crippen LogP contribution in [0.5, 0.6) is 11.8 Å². The molecule has 0 radical (unpaired) electrons. The molecule has 0 saturated heterocycles. The summed E-state index contributed by atoms with van der Waals surface area (Å²) in [5.41, 5.74) is -0.266. The Morgan fingerprint density at radius 1 is 0.969 bits per heavy atom. The van der Waals surface area contributed by atoms with Crippen LogP contribution in [-0.4, -0.2) is 57.6 Å². The summed E-state index contributed by atoms with van der Waals surface area (Å²) < 4.78 is 41.7. The van der Waals surface area contributed by atoms with Crippen molar-refractivity contribution >= 4 is 39.6 Å². The van der Waals surface area contributed by atoms with Crippen molar-refractivity contribution in [3.8, 4) is 11.8 Å². The number of ether oxygens (including phenoxy) is 3. The first kappa shape index (κ1) is 27.1. The van der Waals surface area contributed by atoms with Crippen molar-refractivity contribution < 1.29 is 68.0 Å². The number of amides is 3. The van der Waals surface area contributed by atoms with Gasteiger partial charge < -0.3 is 21.0 Å². The fourth-order valence-electron chi connectivity index (χ4n) is 2.28. The van der Waals surface area contributed by atoms with Crippen LogP contribution in [0.4, 0.5) is 16.4 Å². The van der Waals surface area contributed by atoms with Gasteiger partial charge in [-0.15, -0.1) is 0 Å². The summed E-state index contributed by atoms with van der Waals surface area (Å²) >= 11 is 0. The fourth-order valence-corrected chi connectivity index (χ4v) is 3.41. The maximum Gasteiger partial charge on any atom is 1.00 e. The van der Waals surface area contributed by atoms with Gasteiger partial charge in [0, 0.05) is 12.6 Å².